The molecule has 0 radical (unpaired) electrons. The molecule has 1 aliphatic carbocycles. The summed E-state index contributed by atoms with van der Waals surface area (Å²) < 4.78 is 3.34. The van der Waals surface area contributed by atoms with E-state index in [2.05, 4.69) is 10.00 Å². The molecule has 0 amide bonds. The van der Waals surface area contributed by atoms with Crippen LogP contribution < -0.4 is 11.1 Å². The summed E-state index contributed by atoms with van der Waals surface area (Å²) >= 11 is 0. The number of hydrogen-bond donors (Lipinski definition) is 0. The zero-order valence-electron chi connectivity index (χ0n) is 13.9. The van der Waals surface area contributed by atoms with Gasteiger partial charge in [-0.05, 0) is 30.9 Å². The summed E-state index contributed by atoms with van der Waals surface area (Å²) in [5.74, 6) is 0.454. The van der Waals surface area contributed by atoms with Gasteiger partial charge >= 0.3 is 0 Å². The minimum atomic E-state index is 0.0264. The highest BCUT2D eigenvalue weighted by atomic mass is 16.1. The highest BCUT2D eigenvalue weighted by molar-refractivity contribution is 5.22. The molecular formula is C18H22N4O2. The van der Waals surface area contributed by atoms with Crippen LogP contribution in [0.25, 0.3) is 0 Å². The number of aryl methyl sites for hydroxylation is 2. The van der Waals surface area contributed by atoms with Crippen LogP contribution in [-0.2, 0) is 33.0 Å². The molecule has 1 saturated heterocycles. The van der Waals surface area contributed by atoms with E-state index < -0.39 is 0 Å². The van der Waals surface area contributed by atoms with Crippen molar-refractivity contribution < 1.29 is 0 Å². The van der Waals surface area contributed by atoms with Gasteiger partial charge in [0.1, 0.15) is 0 Å². The zero-order chi connectivity index (χ0) is 16.7. The Labute approximate surface area is 140 Å². The predicted octanol–water partition coefficient (Wildman–Crippen LogP) is 0.563. The monoisotopic (exact) mass is 326 g/mol. The van der Waals surface area contributed by atoms with E-state index in [9.17, 15) is 9.59 Å². The van der Waals surface area contributed by atoms with Crippen LogP contribution in [0.1, 0.15) is 23.4 Å². The average molecular weight is 326 g/mol. The van der Waals surface area contributed by atoms with Gasteiger partial charge in [0.25, 0.3) is 5.56 Å². The fourth-order valence-electron chi connectivity index (χ4n) is 3.73. The number of hydrogen-bond acceptors (Lipinski definition) is 4. The first-order chi connectivity index (χ1) is 11.6. The Morgan fingerprint density at radius 3 is 2.83 bits per heavy atom. The molecular weight excluding hydrogens is 304 g/mol. The van der Waals surface area contributed by atoms with Crippen LogP contribution in [0.4, 0.5) is 0 Å². The summed E-state index contributed by atoms with van der Waals surface area (Å²) in [6.07, 6.45) is 3.10. The number of nitrogens with zero attached hydrogens (tertiary/aromatic N) is 4. The Balaban J connectivity index is 1.38. The maximum Gasteiger partial charge on any atom is 0.267 e. The number of rotatable bonds is 4. The minimum Gasteiger partial charge on any atom is -0.314 e. The molecule has 0 N–H and O–H groups in total. The van der Waals surface area contributed by atoms with Gasteiger partial charge in [0.05, 0.1) is 12.2 Å². The second kappa shape index (κ2) is 6.02. The number of fused-ring (bicyclic) bond motifs is 1. The molecule has 6 nitrogen and oxygen atoms in total. The van der Waals surface area contributed by atoms with Crippen LogP contribution in [0, 0.1) is 5.92 Å². The summed E-state index contributed by atoms with van der Waals surface area (Å²) in [6.45, 7) is 3.34. The molecule has 2 aromatic rings. The SMILES string of the molecule is Cn1c(CN2CC(Cn3nc4c(cc3=O)CCC4)C2)cccc1=O. The van der Waals surface area contributed by atoms with Crippen molar-refractivity contribution in [2.45, 2.75) is 32.4 Å². The van der Waals surface area contributed by atoms with Crippen LogP contribution in [0.15, 0.2) is 33.9 Å². The molecule has 0 spiro atoms. The van der Waals surface area contributed by atoms with Crippen LogP contribution in [-0.4, -0.2) is 32.3 Å². The van der Waals surface area contributed by atoms with Gasteiger partial charge in [0, 0.05) is 50.4 Å². The van der Waals surface area contributed by atoms with Crippen molar-refractivity contribution in [3.8, 4) is 0 Å². The average Bonchev–Trinajstić information content (AvgIpc) is 2.96. The third-order valence-electron chi connectivity index (χ3n) is 5.16. The van der Waals surface area contributed by atoms with Gasteiger partial charge in [-0.1, -0.05) is 6.07 Å². The van der Waals surface area contributed by atoms with Crippen molar-refractivity contribution in [2.24, 2.45) is 13.0 Å². The third-order valence-corrected chi connectivity index (χ3v) is 5.16. The summed E-state index contributed by atoms with van der Waals surface area (Å²) in [5.41, 5.74) is 3.31. The summed E-state index contributed by atoms with van der Waals surface area (Å²) in [6, 6.07) is 7.14. The zero-order valence-corrected chi connectivity index (χ0v) is 13.9. The van der Waals surface area contributed by atoms with Crippen molar-refractivity contribution >= 4 is 0 Å². The molecule has 3 heterocycles. The first-order valence-electron chi connectivity index (χ1n) is 8.57. The van der Waals surface area contributed by atoms with Gasteiger partial charge in [0.15, 0.2) is 0 Å². The van der Waals surface area contributed by atoms with Crippen molar-refractivity contribution in [3.05, 3.63) is 61.9 Å². The van der Waals surface area contributed by atoms with E-state index in [1.165, 1.54) is 0 Å². The maximum atomic E-state index is 12.2. The van der Waals surface area contributed by atoms with Gasteiger partial charge in [-0.3, -0.25) is 14.5 Å². The molecule has 0 saturated carbocycles. The largest absolute Gasteiger partial charge is 0.314 e. The fourth-order valence-corrected chi connectivity index (χ4v) is 3.73. The number of pyridine rings is 1. The molecule has 1 aliphatic heterocycles. The highest BCUT2D eigenvalue weighted by Gasteiger charge is 2.28. The van der Waals surface area contributed by atoms with Gasteiger partial charge in [-0.15, -0.1) is 0 Å². The molecule has 2 aromatic heterocycles. The quantitative estimate of drug-likeness (QED) is 0.824. The van der Waals surface area contributed by atoms with E-state index >= 15 is 0 Å². The van der Waals surface area contributed by atoms with E-state index in [0.29, 0.717) is 12.5 Å². The van der Waals surface area contributed by atoms with Crippen molar-refractivity contribution in [1.82, 2.24) is 19.2 Å². The fraction of sp³-hybridized carbons (Fsp3) is 0.500. The molecule has 4 rings (SSSR count). The van der Waals surface area contributed by atoms with E-state index in [-0.39, 0.29) is 11.1 Å². The Morgan fingerprint density at radius 1 is 1.17 bits per heavy atom. The number of likely N-dealkylation sites (tertiary alicyclic amines) is 1. The second-order valence-electron chi connectivity index (χ2n) is 6.96. The summed E-state index contributed by atoms with van der Waals surface area (Å²) in [4.78, 5) is 26.1. The third kappa shape index (κ3) is 2.82. The van der Waals surface area contributed by atoms with Crippen molar-refractivity contribution in [3.63, 3.8) is 0 Å². The summed E-state index contributed by atoms with van der Waals surface area (Å²) in [5, 5.41) is 4.55. The van der Waals surface area contributed by atoms with Gasteiger partial charge in [0.2, 0.25) is 5.56 Å². The molecule has 0 aromatic carbocycles. The summed E-state index contributed by atoms with van der Waals surface area (Å²) in [7, 11) is 1.81. The lowest BCUT2D eigenvalue weighted by molar-refractivity contribution is 0.0741. The maximum absolute atomic E-state index is 12.2. The van der Waals surface area contributed by atoms with Crippen molar-refractivity contribution in [2.75, 3.05) is 13.1 Å². The van der Waals surface area contributed by atoms with Gasteiger partial charge < -0.3 is 4.57 Å². The Morgan fingerprint density at radius 2 is 2.00 bits per heavy atom. The molecule has 0 unspecified atom stereocenters. The molecule has 1 fully saturated rings. The smallest absolute Gasteiger partial charge is 0.267 e. The Hall–Kier alpha value is -2.21. The molecule has 2 aliphatic rings. The lowest BCUT2D eigenvalue weighted by atomic mass is 10.00. The predicted molar refractivity (Wildman–Crippen MR) is 91.0 cm³/mol. The molecule has 24 heavy (non-hydrogen) atoms. The van der Waals surface area contributed by atoms with Crippen LogP contribution in [0.2, 0.25) is 0 Å². The molecule has 0 bridgehead atoms. The standard InChI is InChI=1S/C18H22N4O2/c1-20-15(5-3-7-17(20)23)12-21-9-13(10-21)11-22-18(24)8-14-4-2-6-16(14)19-22/h3,5,7-8,13H,2,4,6,9-12H2,1H3. The second-order valence-corrected chi connectivity index (χ2v) is 6.96. The number of aromatic nitrogens is 3. The molecule has 6 heteroatoms. The van der Waals surface area contributed by atoms with Crippen molar-refractivity contribution in [1.29, 1.82) is 0 Å². The lowest BCUT2D eigenvalue weighted by Crippen LogP contribution is -2.49. The highest BCUT2D eigenvalue weighted by Crippen LogP contribution is 2.21. The first-order valence-corrected chi connectivity index (χ1v) is 8.57. The van der Waals surface area contributed by atoms with Crippen LogP contribution >= 0.6 is 0 Å². The normalized spacial score (nSPS) is 17.7. The topological polar surface area (TPSA) is 60.1 Å². The van der Waals surface area contributed by atoms with E-state index in [1.54, 1.807) is 21.4 Å². The first kappa shape index (κ1) is 15.3. The van der Waals surface area contributed by atoms with E-state index in [4.69, 9.17) is 0 Å². The molecule has 126 valence electrons. The van der Waals surface area contributed by atoms with Gasteiger partial charge in [-0.2, -0.15) is 5.10 Å². The van der Waals surface area contributed by atoms with E-state index in [1.807, 2.05) is 19.2 Å². The van der Waals surface area contributed by atoms with Crippen LogP contribution in [0.5, 0.6) is 0 Å². The minimum absolute atomic E-state index is 0.0264. The van der Waals surface area contributed by atoms with E-state index in [0.717, 1.165) is 55.8 Å². The van der Waals surface area contributed by atoms with Crippen LogP contribution in [0.3, 0.4) is 0 Å². The Kier molecular flexibility index (Phi) is 3.84. The van der Waals surface area contributed by atoms with Gasteiger partial charge in [-0.25, -0.2) is 4.68 Å². The lowest BCUT2D eigenvalue weighted by Gasteiger charge is -2.39. The molecule has 0 atom stereocenters. The Bertz CT molecular complexity index is 877.